The standard InChI is InChI=1S/C14H22ClN3O/c1-3-13-12(9-18(2)17-13)14(19)16-8-10-4-6-11(15)7-5-10/h9-11H,3-8H2,1-2H3,(H,16,19). The third-order valence-electron chi connectivity index (χ3n) is 3.81. The summed E-state index contributed by atoms with van der Waals surface area (Å²) in [6.45, 7) is 2.77. The van der Waals surface area contributed by atoms with Gasteiger partial charge in [-0.2, -0.15) is 5.10 Å². The summed E-state index contributed by atoms with van der Waals surface area (Å²) in [5.41, 5.74) is 1.57. The van der Waals surface area contributed by atoms with Crippen LogP contribution in [0.15, 0.2) is 6.20 Å². The Morgan fingerprint density at radius 3 is 2.79 bits per heavy atom. The molecule has 1 heterocycles. The lowest BCUT2D eigenvalue weighted by atomic mass is 9.89. The Kier molecular flexibility index (Phi) is 4.86. The third kappa shape index (κ3) is 3.72. The summed E-state index contributed by atoms with van der Waals surface area (Å²) < 4.78 is 1.70. The first-order valence-electron chi connectivity index (χ1n) is 7.05. The fourth-order valence-electron chi connectivity index (χ4n) is 2.64. The summed E-state index contributed by atoms with van der Waals surface area (Å²) in [6, 6.07) is 0. The van der Waals surface area contributed by atoms with Crippen molar-refractivity contribution in [1.29, 1.82) is 0 Å². The Labute approximate surface area is 119 Å². The fourth-order valence-corrected chi connectivity index (χ4v) is 2.90. The van der Waals surface area contributed by atoms with Gasteiger partial charge in [0.15, 0.2) is 0 Å². The molecular formula is C14H22ClN3O. The maximum atomic E-state index is 12.2. The highest BCUT2D eigenvalue weighted by molar-refractivity contribution is 6.20. The molecule has 0 aliphatic heterocycles. The van der Waals surface area contributed by atoms with Crippen LogP contribution in [0.5, 0.6) is 0 Å². The quantitative estimate of drug-likeness (QED) is 0.863. The molecule has 4 nitrogen and oxygen atoms in total. The minimum Gasteiger partial charge on any atom is -0.352 e. The Bertz CT molecular complexity index is 436. The van der Waals surface area contributed by atoms with Crippen LogP contribution in [0.2, 0.25) is 0 Å². The van der Waals surface area contributed by atoms with E-state index in [1.54, 1.807) is 10.9 Å². The van der Waals surface area contributed by atoms with Crippen LogP contribution in [0.3, 0.4) is 0 Å². The number of alkyl halides is 1. The van der Waals surface area contributed by atoms with Crippen molar-refractivity contribution in [3.05, 3.63) is 17.5 Å². The number of amides is 1. The van der Waals surface area contributed by atoms with Gasteiger partial charge in [0.25, 0.3) is 5.91 Å². The number of nitrogens with zero attached hydrogens (tertiary/aromatic N) is 2. The van der Waals surface area contributed by atoms with Crippen molar-refractivity contribution in [2.75, 3.05) is 6.54 Å². The zero-order valence-electron chi connectivity index (χ0n) is 11.7. The first-order valence-corrected chi connectivity index (χ1v) is 7.48. The molecule has 1 aliphatic rings. The van der Waals surface area contributed by atoms with E-state index >= 15 is 0 Å². The second kappa shape index (κ2) is 6.42. The molecule has 0 aromatic carbocycles. The monoisotopic (exact) mass is 283 g/mol. The van der Waals surface area contributed by atoms with E-state index in [9.17, 15) is 4.79 Å². The second-order valence-corrected chi connectivity index (χ2v) is 5.96. The number of hydrogen-bond acceptors (Lipinski definition) is 2. The van der Waals surface area contributed by atoms with Gasteiger partial charge in [0.2, 0.25) is 0 Å². The molecule has 0 spiro atoms. The van der Waals surface area contributed by atoms with E-state index in [1.807, 2.05) is 14.0 Å². The first-order chi connectivity index (χ1) is 9.10. The summed E-state index contributed by atoms with van der Waals surface area (Å²) >= 11 is 6.08. The summed E-state index contributed by atoms with van der Waals surface area (Å²) in [6.07, 6.45) is 6.93. The zero-order chi connectivity index (χ0) is 13.8. The molecule has 2 rings (SSSR count). The minimum atomic E-state index is -0.00190. The highest BCUT2D eigenvalue weighted by Crippen LogP contribution is 2.27. The van der Waals surface area contributed by atoms with Gasteiger partial charge in [-0.25, -0.2) is 0 Å². The van der Waals surface area contributed by atoms with Gasteiger partial charge in [0.1, 0.15) is 0 Å². The summed E-state index contributed by atoms with van der Waals surface area (Å²) in [5, 5.41) is 7.66. The smallest absolute Gasteiger partial charge is 0.254 e. The van der Waals surface area contributed by atoms with Crippen molar-refractivity contribution < 1.29 is 4.79 Å². The number of aryl methyl sites for hydroxylation is 2. The number of aromatic nitrogens is 2. The van der Waals surface area contributed by atoms with E-state index in [2.05, 4.69) is 10.4 Å². The molecule has 1 aromatic rings. The average Bonchev–Trinajstić information content (AvgIpc) is 2.79. The van der Waals surface area contributed by atoms with E-state index in [1.165, 1.54) is 0 Å². The molecule has 19 heavy (non-hydrogen) atoms. The number of rotatable bonds is 4. The van der Waals surface area contributed by atoms with Crippen LogP contribution in [-0.2, 0) is 13.5 Å². The number of hydrogen-bond donors (Lipinski definition) is 1. The van der Waals surface area contributed by atoms with E-state index in [0.29, 0.717) is 16.9 Å². The topological polar surface area (TPSA) is 46.9 Å². The van der Waals surface area contributed by atoms with Crippen LogP contribution in [0, 0.1) is 5.92 Å². The Morgan fingerprint density at radius 2 is 2.16 bits per heavy atom. The van der Waals surface area contributed by atoms with Crippen molar-refractivity contribution in [2.45, 2.75) is 44.4 Å². The lowest BCUT2D eigenvalue weighted by molar-refractivity contribution is 0.0943. The molecule has 106 valence electrons. The maximum Gasteiger partial charge on any atom is 0.254 e. The summed E-state index contributed by atoms with van der Waals surface area (Å²) in [7, 11) is 1.84. The highest BCUT2D eigenvalue weighted by atomic mass is 35.5. The molecule has 0 atom stereocenters. The molecule has 1 aliphatic carbocycles. The van der Waals surface area contributed by atoms with Crippen molar-refractivity contribution in [1.82, 2.24) is 15.1 Å². The van der Waals surface area contributed by atoms with Gasteiger partial charge in [-0.05, 0) is 38.0 Å². The van der Waals surface area contributed by atoms with Gasteiger partial charge in [-0.1, -0.05) is 6.92 Å². The van der Waals surface area contributed by atoms with Crippen LogP contribution < -0.4 is 5.32 Å². The summed E-state index contributed by atoms with van der Waals surface area (Å²) in [5.74, 6) is 0.568. The largest absolute Gasteiger partial charge is 0.352 e. The Hall–Kier alpha value is -1.03. The van der Waals surface area contributed by atoms with Crippen molar-refractivity contribution in [3.63, 3.8) is 0 Å². The average molecular weight is 284 g/mol. The van der Waals surface area contributed by atoms with E-state index < -0.39 is 0 Å². The van der Waals surface area contributed by atoms with Crippen LogP contribution >= 0.6 is 11.6 Å². The van der Waals surface area contributed by atoms with Gasteiger partial charge in [0.05, 0.1) is 11.3 Å². The van der Waals surface area contributed by atoms with Gasteiger partial charge < -0.3 is 5.32 Å². The normalized spacial score (nSPS) is 23.3. The van der Waals surface area contributed by atoms with Crippen LogP contribution in [0.4, 0.5) is 0 Å². The fraction of sp³-hybridized carbons (Fsp3) is 0.714. The molecular weight excluding hydrogens is 262 g/mol. The Balaban J connectivity index is 1.87. The number of carbonyl (C=O) groups excluding carboxylic acids is 1. The predicted octanol–water partition coefficient (Wildman–Crippen LogP) is 2.51. The SMILES string of the molecule is CCc1nn(C)cc1C(=O)NCC1CCC(Cl)CC1. The predicted molar refractivity (Wildman–Crippen MR) is 76.5 cm³/mol. The molecule has 1 aromatic heterocycles. The van der Waals surface area contributed by atoms with Crippen molar-refractivity contribution in [2.24, 2.45) is 13.0 Å². The number of carbonyl (C=O) groups is 1. The Morgan fingerprint density at radius 1 is 1.47 bits per heavy atom. The van der Waals surface area contributed by atoms with Gasteiger partial charge in [-0.15, -0.1) is 11.6 Å². The van der Waals surface area contributed by atoms with E-state index in [0.717, 1.165) is 44.3 Å². The zero-order valence-corrected chi connectivity index (χ0v) is 12.4. The van der Waals surface area contributed by atoms with E-state index in [-0.39, 0.29) is 5.91 Å². The first kappa shape index (κ1) is 14.4. The highest BCUT2D eigenvalue weighted by Gasteiger charge is 2.21. The molecule has 0 bridgehead atoms. The van der Waals surface area contributed by atoms with Gasteiger partial charge >= 0.3 is 0 Å². The molecule has 1 amide bonds. The molecule has 0 unspecified atom stereocenters. The minimum absolute atomic E-state index is 0.00190. The van der Waals surface area contributed by atoms with Gasteiger partial charge in [0, 0.05) is 25.2 Å². The van der Waals surface area contributed by atoms with Gasteiger partial charge in [-0.3, -0.25) is 9.48 Å². The lowest BCUT2D eigenvalue weighted by Crippen LogP contribution is -2.31. The third-order valence-corrected chi connectivity index (χ3v) is 4.25. The van der Waals surface area contributed by atoms with Crippen LogP contribution in [0.1, 0.15) is 48.7 Å². The lowest BCUT2D eigenvalue weighted by Gasteiger charge is -2.24. The number of nitrogens with one attached hydrogen (secondary N) is 1. The molecule has 1 fully saturated rings. The van der Waals surface area contributed by atoms with Crippen LogP contribution in [-0.4, -0.2) is 27.6 Å². The number of halogens is 1. The van der Waals surface area contributed by atoms with Crippen molar-refractivity contribution >= 4 is 17.5 Å². The molecule has 0 radical (unpaired) electrons. The van der Waals surface area contributed by atoms with Crippen molar-refractivity contribution in [3.8, 4) is 0 Å². The second-order valence-electron chi connectivity index (χ2n) is 5.34. The summed E-state index contributed by atoms with van der Waals surface area (Å²) in [4.78, 5) is 12.2. The van der Waals surface area contributed by atoms with E-state index in [4.69, 9.17) is 11.6 Å². The maximum absolute atomic E-state index is 12.2. The molecule has 5 heteroatoms. The molecule has 1 saturated carbocycles. The molecule has 0 saturated heterocycles. The van der Waals surface area contributed by atoms with Crippen LogP contribution in [0.25, 0.3) is 0 Å². The molecule has 1 N–H and O–H groups in total.